The first-order chi connectivity index (χ1) is 8.16. The second-order valence-corrected chi connectivity index (χ2v) is 4.42. The van der Waals surface area contributed by atoms with Gasteiger partial charge < -0.3 is 5.11 Å². The van der Waals surface area contributed by atoms with Crippen molar-refractivity contribution in [2.45, 2.75) is 6.92 Å². The van der Waals surface area contributed by atoms with Gasteiger partial charge in [0.05, 0.1) is 5.69 Å². The zero-order valence-corrected chi connectivity index (χ0v) is 10.1. The molecule has 1 N–H and O–H groups in total. The molecule has 1 aromatic carbocycles. The van der Waals surface area contributed by atoms with Gasteiger partial charge in [-0.25, -0.2) is 9.78 Å². The summed E-state index contributed by atoms with van der Waals surface area (Å²) in [5.41, 5.74) is 2.93. The van der Waals surface area contributed by atoms with E-state index in [9.17, 15) is 4.79 Å². The number of nitrogens with zero attached hydrogens (tertiary/aromatic N) is 1. The van der Waals surface area contributed by atoms with Crippen LogP contribution in [0.1, 0.15) is 11.3 Å². The van der Waals surface area contributed by atoms with Crippen LogP contribution in [0.15, 0.2) is 35.7 Å². The first kappa shape index (κ1) is 11.5. The third-order valence-corrected chi connectivity index (χ3v) is 3.19. The summed E-state index contributed by atoms with van der Waals surface area (Å²) in [6.45, 7) is 2.03. The van der Waals surface area contributed by atoms with Crippen LogP contribution in [0.3, 0.4) is 0 Å². The number of aliphatic carboxylic acids is 1. The van der Waals surface area contributed by atoms with Crippen LogP contribution in [0, 0.1) is 6.92 Å². The van der Waals surface area contributed by atoms with Gasteiger partial charge in [0.15, 0.2) is 0 Å². The molecule has 0 fully saturated rings. The van der Waals surface area contributed by atoms with Gasteiger partial charge in [0.1, 0.15) is 5.01 Å². The van der Waals surface area contributed by atoms with E-state index in [4.69, 9.17) is 5.11 Å². The van der Waals surface area contributed by atoms with Crippen molar-refractivity contribution in [2.24, 2.45) is 0 Å². The van der Waals surface area contributed by atoms with E-state index in [1.165, 1.54) is 17.4 Å². The highest BCUT2D eigenvalue weighted by atomic mass is 32.1. The second kappa shape index (κ2) is 4.93. The van der Waals surface area contributed by atoms with Gasteiger partial charge in [0.2, 0.25) is 0 Å². The normalized spacial score (nSPS) is 10.9. The van der Waals surface area contributed by atoms with Crippen molar-refractivity contribution in [3.05, 3.63) is 47.0 Å². The molecule has 17 heavy (non-hydrogen) atoms. The number of carbonyl (C=O) groups is 1. The van der Waals surface area contributed by atoms with Crippen molar-refractivity contribution in [2.75, 3.05) is 0 Å². The fourth-order valence-electron chi connectivity index (χ4n) is 1.46. The molecule has 1 heterocycles. The average molecular weight is 245 g/mol. The molecule has 0 aliphatic carbocycles. The highest BCUT2D eigenvalue weighted by Crippen LogP contribution is 2.26. The summed E-state index contributed by atoms with van der Waals surface area (Å²) in [6.07, 6.45) is 2.59. The number of carboxylic acids is 1. The first-order valence-electron chi connectivity index (χ1n) is 5.09. The Bertz CT molecular complexity index is 572. The maximum absolute atomic E-state index is 10.4. The van der Waals surface area contributed by atoms with Gasteiger partial charge in [-0.15, -0.1) is 11.3 Å². The fourth-order valence-corrected chi connectivity index (χ4v) is 2.33. The van der Waals surface area contributed by atoms with Crippen molar-refractivity contribution in [3.8, 4) is 10.6 Å². The lowest BCUT2D eigenvalue weighted by atomic mass is 10.1. The molecule has 86 valence electrons. The average Bonchev–Trinajstić information content (AvgIpc) is 2.75. The van der Waals surface area contributed by atoms with Crippen LogP contribution in [-0.4, -0.2) is 16.1 Å². The van der Waals surface area contributed by atoms with Gasteiger partial charge in [0.25, 0.3) is 0 Å². The summed E-state index contributed by atoms with van der Waals surface area (Å²) in [5, 5.41) is 11.3. The highest BCUT2D eigenvalue weighted by Gasteiger charge is 2.05. The lowest BCUT2D eigenvalue weighted by Crippen LogP contribution is -1.86. The topological polar surface area (TPSA) is 50.2 Å². The Hall–Kier alpha value is -1.94. The van der Waals surface area contributed by atoms with Crippen LogP contribution in [0.4, 0.5) is 0 Å². The molecule has 0 bridgehead atoms. The van der Waals surface area contributed by atoms with Gasteiger partial charge in [-0.05, 0) is 18.6 Å². The van der Waals surface area contributed by atoms with Gasteiger partial charge in [-0.2, -0.15) is 0 Å². The Balaban J connectivity index is 2.30. The SMILES string of the molecule is Cc1ccccc1-c1nc(/C=C/C(=O)O)cs1. The number of hydrogen-bond acceptors (Lipinski definition) is 3. The molecule has 4 heteroatoms. The summed E-state index contributed by atoms with van der Waals surface area (Å²) in [5.74, 6) is -0.963. The molecule has 0 spiro atoms. The molecule has 1 aromatic heterocycles. The van der Waals surface area contributed by atoms with Crippen LogP contribution in [0.2, 0.25) is 0 Å². The summed E-state index contributed by atoms with van der Waals surface area (Å²) in [7, 11) is 0. The number of thiazole rings is 1. The molecule has 0 saturated heterocycles. The summed E-state index contributed by atoms with van der Waals surface area (Å²) < 4.78 is 0. The van der Waals surface area contributed by atoms with E-state index < -0.39 is 5.97 Å². The zero-order chi connectivity index (χ0) is 12.3. The van der Waals surface area contributed by atoms with Crippen LogP contribution < -0.4 is 0 Å². The molecular weight excluding hydrogens is 234 g/mol. The monoisotopic (exact) mass is 245 g/mol. The summed E-state index contributed by atoms with van der Waals surface area (Å²) in [6, 6.07) is 8.00. The minimum atomic E-state index is -0.963. The van der Waals surface area contributed by atoms with E-state index >= 15 is 0 Å². The number of aromatic nitrogens is 1. The number of rotatable bonds is 3. The number of carboxylic acid groups (broad SMARTS) is 1. The molecule has 0 unspecified atom stereocenters. The summed E-state index contributed by atoms with van der Waals surface area (Å²) >= 11 is 1.51. The van der Waals surface area contributed by atoms with E-state index in [2.05, 4.69) is 4.98 Å². The quantitative estimate of drug-likeness (QED) is 0.845. The number of aryl methyl sites for hydroxylation is 1. The molecule has 3 nitrogen and oxygen atoms in total. The van der Waals surface area contributed by atoms with Crippen molar-refractivity contribution in [3.63, 3.8) is 0 Å². The standard InChI is InChI=1S/C13H11NO2S/c1-9-4-2-3-5-11(9)13-14-10(8-17-13)6-7-12(15)16/h2-8H,1H3,(H,15,16)/b7-6+. The minimum absolute atomic E-state index is 0.677. The van der Waals surface area contributed by atoms with Gasteiger partial charge in [0, 0.05) is 17.0 Å². The maximum atomic E-state index is 10.4. The van der Waals surface area contributed by atoms with E-state index in [1.807, 2.05) is 36.6 Å². The largest absolute Gasteiger partial charge is 0.478 e. The Labute approximate surface area is 103 Å². The van der Waals surface area contributed by atoms with E-state index in [-0.39, 0.29) is 0 Å². The third-order valence-electron chi connectivity index (χ3n) is 2.29. The molecule has 0 aliphatic rings. The molecule has 2 aromatic rings. The third kappa shape index (κ3) is 2.79. The molecule has 2 rings (SSSR count). The number of hydrogen-bond donors (Lipinski definition) is 1. The zero-order valence-electron chi connectivity index (χ0n) is 9.25. The lowest BCUT2D eigenvalue weighted by molar-refractivity contribution is -0.131. The predicted octanol–water partition coefficient (Wildman–Crippen LogP) is 3.22. The van der Waals surface area contributed by atoms with Crippen LogP contribution in [-0.2, 0) is 4.79 Å². The fraction of sp³-hybridized carbons (Fsp3) is 0.0769. The molecule has 0 amide bonds. The van der Waals surface area contributed by atoms with Crippen LogP contribution in [0.25, 0.3) is 16.6 Å². The van der Waals surface area contributed by atoms with E-state index in [1.54, 1.807) is 0 Å². The van der Waals surface area contributed by atoms with Crippen LogP contribution in [0.5, 0.6) is 0 Å². The summed E-state index contributed by atoms with van der Waals surface area (Å²) in [4.78, 5) is 14.8. The smallest absolute Gasteiger partial charge is 0.328 e. The predicted molar refractivity (Wildman–Crippen MR) is 69.0 cm³/mol. The Morgan fingerprint density at radius 3 is 2.88 bits per heavy atom. The van der Waals surface area contributed by atoms with Crippen molar-refractivity contribution < 1.29 is 9.90 Å². The maximum Gasteiger partial charge on any atom is 0.328 e. The molecule has 0 aliphatic heterocycles. The lowest BCUT2D eigenvalue weighted by Gasteiger charge is -1.99. The molecular formula is C13H11NO2S. The molecule has 0 saturated carbocycles. The van der Waals surface area contributed by atoms with Crippen molar-refractivity contribution in [1.29, 1.82) is 0 Å². The van der Waals surface area contributed by atoms with E-state index in [0.29, 0.717) is 5.69 Å². The van der Waals surface area contributed by atoms with Gasteiger partial charge in [-0.1, -0.05) is 24.3 Å². The van der Waals surface area contributed by atoms with E-state index in [0.717, 1.165) is 22.2 Å². The number of benzene rings is 1. The Morgan fingerprint density at radius 1 is 1.41 bits per heavy atom. The minimum Gasteiger partial charge on any atom is -0.478 e. The Morgan fingerprint density at radius 2 is 2.18 bits per heavy atom. The Kier molecular flexibility index (Phi) is 3.35. The van der Waals surface area contributed by atoms with Crippen LogP contribution >= 0.6 is 11.3 Å². The molecule has 0 radical (unpaired) electrons. The van der Waals surface area contributed by atoms with Gasteiger partial charge >= 0.3 is 5.97 Å². The first-order valence-corrected chi connectivity index (χ1v) is 5.97. The van der Waals surface area contributed by atoms with Crippen molar-refractivity contribution >= 4 is 23.4 Å². The molecule has 0 atom stereocenters. The van der Waals surface area contributed by atoms with Crippen molar-refractivity contribution in [1.82, 2.24) is 4.98 Å². The second-order valence-electron chi connectivity index (χ2n) is 3.56. The van der Waals surface area contributed by atoms with Gasteiger partial charge in [-0.3, -0.25) is 0 Å². The highest BCUT2D eigenvalue weighted by molar-refractivity contribution is 7.13.